The van der Waals surface area contributed by atoms with Crippen LogP contribution >= 0.6 is 0 Å². The smallest absolute Gasteiger partial charge is 0.135 e. The lowest BCUT2D eigenvalue weighted by atomic mass is 10.1. The fourth-order valence-corrected chi connectivity index (χ4v) is 3.57. The van der Waals surface area contributed by atoms with Gasteiger partial charge in [-0.2, -0.15) is 5.10 Å². The molecule has 0 aliphatic rings. The van der Waals surface area contributed by atoms with Crippen molar-refractivity contribution in [3.8, 4) is 22.6 Å². The van der Waals surface area contributed by atoms with Crippen molar-refractivity contribution in [1.82, 2.24) is 30.1 Å². The van der Waals surface area contributed by atoms with Crippen molar-refractivity contribution < 1.29 is 0 Å². The van der Waals surface area contributed by atoms with Crippen LogP contribution < -0.4 is 0 Å². The lowest BCUT2D eigenvalue weighted by molar-refractivity contribution is 1.12. The summed E-state index contributed by atoms with van der Waals surface area (Å²) in [5.41, 5.74) is 7.67. The normalized spacial score (nSPS) is 12.2. The van der Waals surface area contributed by atoms with Crippen LogP contribution in [0.2, 0.25) is 0 Å². The maximum absolute atomic E-state index is 4.83. The van der Waals surface area contributed by atoms with E-state index in [2.05, 4.69) is 42.8 Å². The lowest BCUT2D eigenvalue weighted by Gasteiger charge is -2.01. The van der Waals surface area contributed by atoms with E-state index in [4.69, 9.17) is 4.98 Å². The van der Waals surface area contributed by atoms with Gasteiger partial charge in [-0.25, -0.2) is 4.98 Å². The molecular weight excluding hydrogens is 386 g/mol. The van der Waals surface area contributed by atoms with Gasteiger partial charge >= 0.3 is 0 Å². The number of rotatable bonds is 5. The van der Waals surface area contributed by atoms with Gasteiger partial charge < -0.3 is 4.98 Å². The van der Waals surface area contributed by atoms with E-state index < -0.39 is 0 Å². The quantitative estimate of drug-likeness (QED) is 0.394. The summed E-state index contributed by atoms with van der Waals surface area (Å²) < 4.78 is 0. The molecule has 5 aromatic rings. The van der Waals surface area contributed by atoms with E-state index in [0.717, 1.165) is 56.0 Å². The molecule has 0 atom stereocenters. The number of H-pyrrole nitrogens is 2. The van der Waals surface area contributed by atoms with Crippen molar-refractivity contribution >= 4 is 33.8 Å². The number of aromatic amines is 2. The molecule has 0 bridgehead atoms. The number of allylic oxidation sites excluding steroid dienone is 2. The molecule has 0 saturated heterocycles. The topological polar surface area (TPSA) is 95.5 Å². The molecule has 0 aromatic carbocycles. The van der Waals surface area contributed by atoms with Gasteiger partial charge in [0, 0.05) is 41.3 Å². The zero-order valence-electron chi connectivity index (χ0n) is 16.9. The van der Waals surface area contributed by atoms with Crippen molar-refractivity contribution in [1.29, 1.82) is 0 Å². The van der Waals surface area contributed by atoms with Crippen LogP contribution in [-0.2, 0) is 0 Å². The predicted molar refractivity (Wildman–Crippen MR) is 125 cm³/mol. The van der Waals surface area contributed by atoms with E-state index in [9.17, 15) is 0 Å². The SMILES string of the molecule is C=CC=N/C(=C\C)c1ccc2[nH]nc(-c3cc4c(-c5ccncc5)nccc4[nH]3)c2n1. The van der Waals surface area contributed by atoms with Crippen LogP contribution in [0.25, 0.3) is 50.3 Å². The first kappa shape index (κ1) is 18.6. The summed E-state index contributed by atoms with van der Waals surface area (Å²) in [6.07, 6.45) is 10.6. The Labute approximate surface area is 178 Å². The van der Waals surface area contributed by atoms with E-state index in [1.807, 2.05) is 43.3 Å². The van der Waals surface area contributed by atoms with E-state index >= 15 is 0 Å². The monoisotopic (exact) mass is 405 g/mol. The predicted octanol–water partition coefficient (Wildman–Crippen LogP) is 5.18. The molecular formula is C24H19N7. The third kappa shape index (κ3) is 3.32. The van der Waals surface area contributed by atoms with Gasteiger partial charge in [0.05, 0.1) is 28.3 Å². The summed E-state index contributed by atoms with van der Waals surface area (Å²) in [6, 6.07) is 11.8. The molecule has 31 heavy (non-hydrogen) atoms. The largest absolute Gasteiger partial charge is 0.353 e. The highest BCUT2D eigenvalue weighted by Gasteiger charge is 2.16. The zero-order chi connectivity index (χ0) is 21.2. The van der Waals surface area contributed by atoms with E-state index in [1.165, 1.54) is 0 Å². The van der Waals surface area contributed by atoms with Crippen molar-refractivity contribution in [2.75, 3.05) is 0 Å². The molecule has 0 radical (unpaired) electrons. The van der Waals surface area contributed by atoms with Crippen LogP contribution in [0.4, 0.5) is 0 Å². The van der Waals surface area contributed by atoms with Crippen molar-refractivity contribution in [3.05, 3.63) is 79.4 Å². The Balaban J connectivity index is 1.65. The highest BCUT2D eigenvalue weighted by molar-refractivity contribution is 5.99. The summed E-state index contributed by atoms with van der Waals surface area (Å²) in [4.78, 5) is 21.4. The molecule has 5 heterocycles. The molecule has 0 amide bonds. The second-order valence-electron chi connectivity index (χ2n) is 6.89. The van der Waals surface area contributed by atoms with E-state index in [0.29, 0.717) is 0 Å². The minimum atomic E-state index is 0.747. The number of aliphatic imine (C=N–C) groups is 1. The molecule has 5 aromatic heterocycles. The number of hydrogen-bond acceptors (Lipinski definition) is 5. The van der Waals surface area contributed by atoms with Crippen LogP contribution in [0.3, 0.4) is 0 Å². The number of pyridine rings is 3. The van der Waals surface area contributed by atoms with Gasteiger partial charge in [0.1, 0.15) is 11.2 Å². The van der Waals surface area contributed by atoms with Crippen molar-refractivity contribution in [2.24, 2.45) is 4.99 Å². The zero-order valence-corrected chi connectivity index (χ0v) is 16.9. The fraction of sp³-hybridized carbons (Fsp3) is 0.0417. The molecule has 5 rings (SSSR count). The summed E-state index contributed by atoms with van der Waals surface area (Å²) in [5.74, 6) is 0. The van der Waals surface area contributed by atoms with Gasteiger partial charge in [0.25, 0.3) is 0 Å². The highest BCUT2D eigenvalue weighted by atomic mass is 15.1. The Kier molecular flexibility index (Phi) is 4.68. The molecule has 150 valence electrons. The number of nitrogens with one attached hydrogen (secondary N) is 2. The van der Waals surface area contributed by atoms with E-state index in [1.54, 1.807) is 30.9 Å². The molecule has 0 aliphatic carbocycles. The average Bonchev–Trinajstić information content (AvgIpc) is 3.43. The minimum Gasteiger partial charge on any atom is -0.353 e. The van der Waals surface area contributed by atoms with Crippen LogP contribution in [0.15, 0.2) is 78.7 Å². The summed E-state index contributed by atoms with van der Waals surface area (Å²) in [6.45, 7) is 5.61. The third-order valence-corrected chi connectivity index (χ3v) is 5.02. The summed E-state index contributed by atoms with van der Waals surface area (Å²) in [5, 5.41) is 8.62. The Morgan fingerprint density at radius 3 is 2.71 bits per heavy atom. The molecule has 0 aliphatic heterocycles. The molecule has 7 nitrogen and oxygen atoms in total. The van der Waals surface area contributed by atoms with Gasteiger partial charge in [-0.15, -0.1) is 0 Å². The number of aromatic nitrogens is 6. The molecule has 0 fully saturated rings. The lowest BCUT2D eigenvalue weighted by Crippen LogP contribution is -1.89. The number of fused-ring (bicyclic) bond motifs is 2. The maximum atomic E-state index is 4.83. The first-order valence-electron chi connectivity index (χ1n) is 9.84. The van der Waals surface area contributed by atoms with Crippen LogP contribution in [0.5, 0.6) is 0 Å². The van der Waals surface area contributed by atoms with Crippen LogP contribution in [0, 0.1) is 0 Å². The first-order chi connectivity index (χ1) is 15.3. The Morgan fingerprint density at radius 1 is 1.03 bits per heavy atom. The maximum Gasteiger partial charge on any atom is 0.135 e. The summed E-state index contributed by atoms with van der Waals surface area (Å²) >= 11 is 0. The number of nitrogens with zero attached hydrogens (tertiary/aromatic N) is 5. The van der Waals surface area contributed by atoms with Crippen LogP contribution in [-0.4, -0.2) is 36.3 Å². The van der Waals surface area contributed by atoms with Gasteiger partial charge in [-0.05, 0) is 43.3 Å². The molecule has 0 spiro atoms. The van der Waals surface area contributed by atoms with Crippen molar-refractivity contribution in [3.63, 3.8) is 0 Å². The third-order valence-electron chi connectivity index (χ3n) is 5.02. The van der Waals surface area contributed by atoms with Crippen molar-refractivity contribution in [2.45, 2.75) is 6.92 Å². The first-order valence-corrected chi connectivity index (χ1v) is 9.84. The standard InChI is InChI=1S/C24H19N7/c1-3-10-26-17(4-2)19-5-6-20-23(29-19)24(31-30-20)21-14-16-18(28-21)9-13-27-22(16)15-7-11-25-12-8-15/h3-14,28H,1H2,2H3,(H,30,31)/b17-4-,26-10?. The molecule has 7 heteroatoms. The molecule has 0 unspecified atom stereocenters. The Morgan fingerprint density at radius 2 is 1.90 bits per heavy atom. The number of hydrogen-bond donors (Lipinski definition) is 2. The molecule has 2 N–H and O–H groups in total. The van der Waals surface area contributed by atoms with Gasteiger partial charge in [0.2, 0.25) is 0 Å². The fourth-order valence-electron chi connectivity index (χ4n) is 3.57. The van der Waals surface area contributed by atoms with Gasteiger partial charge in [-0.1, -0.05) is 18.7 Å². The second-order valence-corrected chi connectivity index (χ2v) is 6.89. The van der Waals surface area contributed by atoms with Gasteiger partial charge in [-0.3, -0.25) is 20.1 Å². The molecule has 0 saturated carbocycles. The van der Waals surface area contributed by atoms with E-state index in [-0.39, 0.29) is 0 Å². The highest BCUT2D eigenvalue weighted by Crippen LogP contribution is 2.32. The van der Waals surface area contributed by atoms with Crippen LogP contribution in [0.1, 0.15) is 12.6 Å². The van der Waals surface area contributed by atoms with Gasteiger partial charge in [0.15, 0.2) is 0 Å². The average molecular weight is 405 g/mol. The second kappa shape index (κ2) is 7.79. The Hall–Kier alpha value is -4.39. The Bertz CT molecular complexity index is 1460. The minimum absolute atomic E-state index is 0.747. The summed E-state index contributed by atoms with van der Waals surface area (Å²) in [7, 11) is 0.